The summed E-state index contributed by atoms with van der Waals surface area (Å²) in [5.74, 6) is -0.246. The van der Waals surface area contributed by atoms with Crippen molar-refractivity contribution >= 4 is 23.2 Å². The quantitative estimate of drug-likeness (QED) is 0.344. The molecule has 2 amide bonds. The third-order valence-corrected chi connectivity index (χ3v) is 7.16. The van der Waals surface area contributed by atoms with Crippen LogP contribution in [0.15, 0.2) is 78.2 Å². The monoisotopic (exact) mass is 521 g/mol. The molecule has 0 bridgehead atoms. The zero-order valence-corrected chi connectivity index (χ0v) is 22.0. The molecule has 0 saturated carbocycles. The third-order valence-electron chi connectivity index (χ3n) is 6.30. The number of hydrogen-bond acceptors (Lipinski definition) is 6. The normalized spacial score (nSPS) is 13.8. The van der Waals surface area contributed by atoms with Crippen molar-refractivity contribution in [3.8, 4) is 0 Å². The first kappa shape index (κ1) is 27.0. The highest BCUT2D eigenvalue weighted by Crippen LogP contribution is 2.15. The first-order valence-corrected chi connectivity index (χ1v) is 13.6. The fourth-order valence-corrected chi connectivity index (χ4v) is 4.91. The van der Waals surface area contributed by atoms with Crippen LogP contribution in [0.4, 0.5) is 0 Å². The molecule has 1 saturated heterocycles. The third kappa shape index (κ3) is 9.09. The van der Waals surface area contributed by atoms with E-state index in [4.69, 9.17) is 9.47 Å². The van der Waals surface area contributed by atoms with Crippen molar-refractivity contribution in [3.05, 3.63) is 94.2 Å². The van der Waals surface area contributed by atoms with Crippen molar-refractivity contribution in [1.82, 2.24) is 14.7 Å². The SMILES string of the molecule is O=C(COCc1ccccc1)N(CCN1CCOCC1)CC(=O)N(Cc1ccccc1)Cc1cccs1. The van der Waals surface area contributed by atoms with Gasteiger partial charge in [0.2, 0.25) is 11.8 Å². The highest BCUT2D eigenvalue weighted by Gasteiger charge is 2.23. The van der Waals surface area contributed by atoms with Crippen molar-refractivity contribution in [2.75, 3.05) is 52.5 Å². The Bertz CT molecular complexity index is 1070. The van der Waals surface area contributed by atoms with Crippen LogP contribution in [0.5, 0.6) is 0 Å². The molecule has 3 aromatic rings. The standard InChI is InChI=1S/C29H35N3O4S/c33-28(32(21-27-12-7-19-37-27)20-25-8-3-1-4-9-25)22-31(14-13-30-15-17-35-18-16-30)29(34)24-36-23-26-10-5-2-6-11-26/h1-12,19H,13-18,20-24H2. The van der Waals surface area contributed by atoms with Crippen molar-refractivity contribution in [2.24, 2.45) is 0 Å². The molecule has 0 N–H and O–H groups in total. The molecular formula is C29H35N3O4S. The first-order chi connectivity index (χ1) is 18.2. The Morgan fingerprint density at radius 2 is 1.54 bits per heavy atom. The number of nitrogens with zero attached hydrogens (tertiary/aromatic N) is 3. The second kappa shape index (κ2) is 14.6. The van der Waals surface area contributed by atoms with Gasteiger partial charge in [0.25, 0.3) is 0 Å². The Morgan fingerprint density at radius 1 is 0.838 bits per heavy atom. The molecule has 0 aliphatic carbocycles. The molecule has 0 radical (unpaired) electrons. The molecule has 1 aromatic heterocycles. The lowest BCUT2D eigenvalue weighted by molar-refractivity contribution is -0.144. The second-order valence-corrected chi connectivity index (χ2v) is 10.1. The average molecular weight is 522 g/mol. The van der Waals surface area contributed by atoms with Crippen LogP contribution in [0.3, 0.4) is 0 Å². The Kier molecular flexibility index (Phi) is 10.7. The second-order valence-electron chi connectivity index (χ2n) is 9.06. The summed E-state index contributed by atoms with van der Waals surface area (Å²) < 4.78 is 11.2. The largest absolute Gasteiger partial charge is 0.379 e. The number of thiophene rings is 1. The molecular weight excluding hydrogens is 486 g/mol. The van der Waals surface area contributed by atoms with Gasteiger partial charge in [0, 0.05) is 37.6 Å². The number of amides is 2. The smallest absolute Gasteiger partial charge is 0.249 e. The van der Waals surface area contributed by atoms with E-state index in [1.807, 2.05) is 83.1 Å². The molecule has 196 valence electrons. The zero-order chi connectivity index (χ0) is 25.7. The number of morpholine rings is 1. The lowest BCUT2D eigenvalue weighted by atomic mass is 10.2. The summed E-state index contributed by atoms with van der Waals surface area (Å²) in [5.41, 5.74) is 2.07. The summed E-state index contributed by atoms with van der Waals surface area (Å²) in [6.45, 7) is 5.55. The predicted molar refractivity (Wildman–Crippen MR) is 145 cm³/mol. The van der Waals surface area contributed by atoms with Crippen LogP contribution in [0.2, 0.25) is 0 Å². The highest BCUT2D eigenvalue weighted by atomic mass is 32.1. The number of carbonyl (C=O) groups is 2. The highest BCUT2D eigenvalue weighted by molar-refractivity contribution is 7.09. The number of rotatable bonds is 13. The first-order valence-electron chi connectivity index (χ1n) is 12.7. The molecule has 4 rings (SSSR count). The van der Waals surface area contributed by atoms with E-state index >= 15 is 0 Å². The summed E-state index contributed by atoms with van der Waals surface area (Å²) in [7, 11) is 0. The summed E-state index contributed by atoms with van der Waals surface area (Å²) >= 11 is 1.63. The maximum absolute atomic E-state index is 13.6. The van der Waals surface area contributed by atoms with Crippen molar-refractivity contribution in [1.29, 1.82) is 0 Å². The maximum Gasteiger partial charge on any atom is 0.249 e. The van der Waals surface area contributed by atoms with E-state index in [-0.39, 0.29) is 25.0 Å². The molecule has 2 heterocycles. The number of ether oxygens (including phenoxy) is 2. The van der Waals surface area contributed by atoms with E-state index < -0.39 is 0 Å². The van der Waals surface area contributed by atoms with E-state index in [2.05, 4.69) is 4.90 Å². The minimum Gasteiger partial charge on any atom is -0.379 e. The molecule has 1 fully saturated rings. The minimum atomic E-state index is -0.173. The summed E-state index contributed by atoms with van der Waals surface area (Å²) in [4.78, 5) is 33.7. The average Bonchev–Trinajstić information content (AvgIpc) is 3.45. The number of carbonyl (C=O) groups excluding carboxylic acids is 2. The van der Waals surface area contributed by atoms with Gasteiger partial charge in [-0.05, 0) is 22.6 Å². The Morgan fingerprint density at radius 3 is 2.22 bits per heavy atom. The van der Waals surface area contributed by atoms with Gasteiger partial charge in [-0.25, -0.2) is 0 Å². The van der Waals surface area contributed by atoms with Gasteiger partial charge in [-0.2, -0.15) is 0 Å². The summed E-state index contributed by atoms with van der Waals surface area (Å²) in [6, 6.07) is 23.8. The van der Waals surface area contributed by atoms with E-state index in [9.17, 15) is 9.59 Å². The topological polar surface area (TPSA) is 62.3 Å². The lowest BCUT2D eigenvalue weighted by Gasteiger charge is -2.31. The van der Waals surface area contributed by atoms with E-state index in [1.54, 1.807) is 16.2 Å². The molecule has 0 spiro atoms. The Labute approximate surface area is 223 Å². The lowest BCUT2D eigenvalue weighted by Crippen LogP contribution is -2.47. The number of hydrogen-bond donors (Lipinski definition) is 0. The Hall–Kier alpha value is -3.04. The summed E-state index contributed by atoms with van der Waals surface area (Å²) in [5, 5.41) is 2.02. The van der Waals surface area contributed by atoms with Gasteiger partial charge >= 0.3 is 0 Å². The molecule has 37 heavy (non-hydrogen) atoms. The van der Waals surface area contributed by atoms with Crippen LogP contribution < -0.4 is 0 Å². The Balaban J connectivity index is 1.41. The van der Waals surface area contributed by atoms with E-state index in [0.29, 0.717) is 46.0 Å². The molecule has 0 unspecified atom stereocenters. The van der Waals surface area contributed by atoms with Gasteiger partial charge in [-0.1, -0.05) is 66.7 Å². The predicted octanol–water partition coefficient (Wildman–Crippen LogP) is 3.65. The van der Waals surface area contributed by atoms with Gasteiger partial charge in [-0.15, -0.1) is 11.3 Å². The van der Waals surface area contributed by atoms with Crippen molar-refractivity contribution in [3.63, 3.8) is 0 Å². The molecule has 2 aromatic carbocycles. The van der Waals surface area contributed by atoms with Crippen LogP contribution in [0, 0.1) is 0 Å². The van der Waals surface area contributed by atoms with Crippen molar-refractivity contribution in [2.45, 2.75) is 19.7 Å². The summed E-state index contributed by atoms with van der Waals surface area (Å²) in [6.07, 6.45) is 0. The number of benzene rings is 2. The van der Waals surface area contributed by atoms with Gasteiger partial charge in [0.05, 0.1) is 32.9 Å². The van der Waals surface area contributed by atoms with Crippen LogP contribution >= 0.6 is 11.3 Å². The van der Waals surface area contributed by atoms with Crippen molar-refractivity contribution < 1.29 is 19.1 Å². The van der Waals surface area contributed by atoms with Gasteiger partial charge in [0.1, 0.15) is 6.61 Å². The van der Waals surface area contributed by atoms with Crippen LogP contribution in [0.25, 0.3) is 0 Å². The van der Waals surface area contributed by atoms with Crippen LogP contribution in [-0.2, 0) is 38.8 Å². The fraction of sp³-hybridized carbons (Fsp3) is 0.379. The van der Waals surface area contributed by atoms with Gasteiger partial charge in [-0.3, -0.25) is 14.5 Å². The van der Waals surface area contributed by atoms with E-state index in [1.165, 1.54) is 0 Å². The molecule has 0 atom stereocenters. The van der Waals surface area contributed by atoms with Gasteiger partial charge < -0.3 is 19.3 Å². The minimum absolute atomic E-state index is 0.0239. The van der Waals surface area contributed by atoms with Gasteiger partial charge in [0.15, 0.2) is 0 Å². The fourth-order valence-electron chi connectivity index (χ4n) is 4.19. The molecule has 1 aliphatic rings. The maximum atomic E-state index is 13.6. The molecule has 8 heteroatoms. The van der Waals surface area contributed by atoms with E-state index in [0.717, 1.165) is 29.1 Å². The zero-order valence-electron chi connectivity index (χ0n) is 21.2. The van der Waals surface area contributed by atoms with Crippen LogP contribution in [-0.4, -0.2) is 79.1 Å². The molecule has 7 nitrogen and oxygen atoms in total. The molecule has 1 aliphatic heterocycles. The van der Waals surface area contributed by atoms with Crippen LogP contribution in [0.1, 0.15) is 16.0 Å².